The number of rotatable bonds is 7. The van der Waals surface area contributed by atoms with Gasteiger partial charge in [0.1, 0.15) is 0 Å². The van der Waals surface area contributed by atoms with E-state index in [0.29, 0.717) is 11.3 Å². The van der Waals surface area contributed by atoms with Crippen LogP contribution in [0.25, 0.3) is 0 Å². The Morgan fingerprint density at radius 3 is 2.64 bits per heavy atom. The summed E-state index contributed by atoms with van der Waals surface area (Å²) in [7, 11) is 0. The molecule has 0 aliphatic carbocycles. The van der Waals surface area contributed by atoms with Crippen molar-refractivity contribution in [2.75, 3.05) is 44.7 Å². The Kier molecular flexibility index (Phi) is 6.77. The number of carbonyl (C=O) groups excluding carboxylic acids is 1. The molecule has 1 amide bonds. The molecule has 0 bridgehead atoms. The molecule has 3 rings (SSSR count). The first-order chi connectivity index (χ1) is 12.2. The van der Waals surface area contributed by atoms with E-state index in [1.807, 2.05) is 24.2 Å². The summed E-state index contributed by atoms with van der Waals surface area (Å²) < 4.78 is 0. The molecule has 0 radical (unpaired) electrons. The third kappa shape index (κ3) is 5.20. The largest absolute Gasteiger partial charge is 0.342 e. The molecule has 2 saturated heterocycles. The van der Waals surface area contributed by atoms with Crippen molar-refractivity contribution < 1.29 is 4.79 Å². The molecular weight excluding hydrogens is 330 g/mol. The van der Waals surface area contributed by atoms with Crippen molar-refractivity contribution >= 4 is 17.7 Å². The van der Waals surface area contributed by atoms with Gasteiger partial charge in [-0.15, -0.1) is 0 Å². The Labute approximate surface area is 156 Å². The minimum Gasteiger partial charge on any atom is -0.342 e. The summed E-state index contributed by atoms with van der Waals surface area (Å²) in [4.78, 5) is 21.2. The summed E-state index contributed by atoms with van der Waals surface area (Å²) in [5.41, 5.74) is 1.65. The molecule has 2 fully saturated rings. The van der Waals surface area contributed by atoms with Crippen LogP contribution in [0.5, 0.6) is 0 Å². The summed E-state index contributed by atoms with van der Waals surface area (Å²) in [6.45, 7) is 5.47. The SMILES string of the molecule is CSCCCN1CCC2(CCC(=O)N(CCc3ccncc3)C2)CC1. The van der Waals surface area contributed by atoms with Crippen molar-refractivity contribution in [3.8, 4) is 0 Å². The van der Waals surface area contributed by atoms with Gasteiger partial charge in [0.2, 0.25) is 5.91 Å². The molecule has 4 nitrogen and oxygen atoms in total. The standard InChI is InChI=1S/C20H31N3OS/c1-25-16-2-12-22-14-8-20(9-15-22)7-3-19(24)23(17-20)13-6-18-4-10-21-11-5-18/h4-5,10-11H,2-3,6-9,12-17H2,1H3. The van der Waals surface area contributed by atoms with Crippen LogP contribution in [0.1, 0.15) is 37.7 Å². The predicted octanol–water partition coefficient (Wildman–Crippen LogP) is 3.08. The van der Waals surface area contributed by atoms with E-state index in [4.69, 9.17) is 0 Å². The number of pyridine rings is 1. The van der Waals surface area contributed by atoms with Crippen molar-refractivity contribution in [2.24, 2.45) is 5.41 Å². The maximum atomic E-state index is 12.4. The lowest BCUT2D eigenvalue weighted by Gasteiger charge is -2.47. The smallest absolute Gasteiger partial charge is 0.222 e. The molecule has 3 heterocycles. The lowest BCUT2D eigenvalue weighted by atomic mass is 9.72. The number of carbonyl (C=O) groups is 1. The average molecular weight is 362 g/mol. The molecule has 25 heavy (non-hydrogen) atoms. The van der Waals surface area contributed by atoms with Gasteiger partial charge in [-0.05, 0) is 86.9 Å². The van der Waals surface area contributed by atoms with E-state index < -0.39 is 0 Å². The number of thioether (sulfide) groups is 1. The molecule has 2 aliphatic heterocycles. The fourth-order valence-corrected chi connectivity index (χ4v) is 4.63. The van der Waals surface area contributed by atoms with Crippen molar-refractivity contribution in [1.29, 1.82) is 0 Å². The first kappa shape index (κ1) is 18.7. The van der Waals surface area contributed by atoms with E-state index >= 15 is 0 Å². The van der Waals surface area contributed by atoms with Crippen LogP contribution in [0.15, 0.2) is 24.5 Å². The third-order valence-electron chi connectivity index (χ3n) is 5.91. The minimum absolute atomic E-state index is 0.349. The first-order valence-electron chi connectivity index (χ1n) is 9.59. The number of likely N-dealkylation sites (tertiary alicyclic amines) is 2. The Hall–Kier alpha value is -1.07. The van der Waals surface area contributed by atoms with Crippen LogP contribution in [0.2, 0.25) is 0 Å². The van der Waals surface area contributed by atoms with Gasteiger partial charge >= 0.3 is 0 Å². The molecule has 1 aromatic rings. The van der Waals surface area contributed by atoms with Crippen molar-refractivity contribution in [3.63, 3.8) is 0 Å². The lowest BCUT2D eigenvalue weighted by molar-refractivity contribution is -0.139. The van der Waals surface area contributed by atoms with Gasteiger partial charge in [-0.2, -0.15) is 11.8 Å². The van der Waals surface area contributed by atoms with Crippen LogP contribution >= 0.6 is 11.8 Å². The van der Waals surface area contributed by atoms with Crippen LogP contribution < -0.4 is 0 Å². The number of piperidine rings is 2. The Morgan fingerprint density at radius 1 is 1.16 bits per heavy atom. The highest BCUT2D eigenvalue weighted by molar-refractivity contribution is 7.98. The zero-order valence-electron chi connectivity index (χ0n) is 15.5. The maximum Gasteiger partial charge on any atom is 0.222 e. The van der Waals surface area contributed by atoms with Crippen molar-refractivity contribution in [3.05, 3.63) is 30.1 Å². The van der Waals surface area contributed by atoms with Gasteiger partial charge in [-0.25, -0.2) is 0 Å². The van der Waals surface area contributed by atoms with Gasteiger partial charge in [0.15, 0.2) is 0 Å². The second-order valence-electron chi connectivity index (χ2n) is 7.61. The van der Waals surface area contributed by atoms with Crippen LogP contribution in [-0.4, -0.2) is 65.4 Å². The highest BCUT2D eigenvalue weighted by Crippen LogP contribution is 2.40. The number of nitrogens with zero attached hydrogens (tertiary/aromatic N) is 3. The van der Waals surface area contributed by atoms with Crippen LogP contribution in [0, 0.1) is 5.41 Å². The van der Waals surface area contributed by atoms with Gasteiger partial charge in [0.05, 0.1) is 0 Å². The van der Waals surface area contributed by atoms with Crippen molar-refractivity contribution in [1.82, 2.24) is 14.8 Å². The Balaban J connectivity index is 1.49. The van der Waals surface area contributed by atoms with E-state index in [1.54, 1.807) is 0 Å². The Bertz CT molecular complexity index is 543. The molecule has 1 aromatic heterocycles. The quantitative estimate of drug-likeness (QED) is 0.699. The molecular formula is C20H31N3OS. The summed E-state index contributed by atoms with van der Waals surface area (Å²) in [6, 6.07) is 4.11. The average Bonchev–Trinajstić information content (AvgIpc) is 2.65. The zero-order chi connectivity index (χ0) is 17.5. The van der Waals surface area contributed by atoms with Crippen LogP contribution in [0.4, 0.5) is 0 Å². The van der Waals surface area contributed by atoms with E-state index in [2.05, 4.69) is 33.2 Å². The van der Waals surface area contributed by atoms with Gasteiger partial charge in [0, 0.05) is 31.9 Å². The third-order valence-corrected chi connectivity index (χ3v) is 6.60. The molecule has 2 aliphatic rings. The highest BCUT2D eigenvalue weighted by Gasteiger charge is 2.40. The van der Waals surface area contributed by atoms with E-state index in [9.17, 15) is 4.79 Å². The summed E-state index contributed by atoms with van der Waals surface area (Å²) in [5, 5.41) is 0. The normalized spacial score (nSPS) is 21.0. The van der Waals surface area contributed by atoms with Gasteiger partial charge < -0.3 is 9.80 Å². The highest BCUT2D eigenvalue weighted by atomic mass is 32.2. The van der Waals surface area contributed by atoms with Gasteiger partial charge in [0.25, 0.3) is 0 Å². The van der Waals surface area contributed by atoms with Crippen LogP contribution in [0.3, 0.4) is 0 Å². The second kappa shape index (κ2) is 9.04. The van der Waals surface area contributed by atoms with E-state index in [-0.39, 0.29) is 0 Å². The van der Waals surface area contributed by atoms with E-state index in [0.717, 1.165) is 32.4 Å². The summed E-state index contributed by atoms with van der Waals surface area (Å²) in [5.74, 6) is 1.61. The first-order valence-corrected chi connectivity index (χ1v) is 11.0. The summed E-state index contributed by atoms with van der Waals surface area (Å²) >= 11 is 1.94. The number of amides is 1. The molecule has 5 heteroatoms. The zero-order valence-corrected chi connectivity index (χ0v) is 16.3. The second-order valence-corrected chi connectivity index (χ2v) is 8.59. The molecule has 0 aromatic carbocycles. The molecule has 1 spiro atoms. The van der Waals surface area contributed by atoms with Crippen molar-refractivity contribution in [2.45, 2.75) is 38.5 Å². The fourth-order valence-electron chi connectivity index (χ4n) is 4.21. The molecule has 0 unspecified atom stereocenters. The fraction of sp³-hybridized carbons (Fsp3) is 0.700. The van der Waals surface area contributed by atoms with Crippen LogP contribution in [-0.2, 0) is 11.2 Å². The maximum absolute atomic E-state index is 12.4. The Morgan fingerprint density at radius 2 is 1.92 bits per heavy atom. The predicted molar refractivity (Wildman–Crippen MR) is 105 cm³/mol. The molecule has 0 N–H and O–H groups in total. The topological polar surface area (TPSA) is 36.4 Å². The summed E-state index contributed by atoms with van der Waals surface area (Å²) in [6.07, 6.45) is 12.4. The van der Waals surface area contributed by atoms with Gasteiger partial charge in [-0.3, -0.25) is 9.78 Å². The van der Waals surface area contributed by atoms with Gasteiger partial charge in [-0.1, -0.05) is 0 Å². The molecule has 138 valence electrons. The molecule has 0 saturated carbocycles. The monoisotopic (exact) mass is 361 g/mol. The number of hydrogen-bond acceptors (Lipinski definition) is 4. The number of hydrogen-bond donors (Lipinski definition) is 0. The molecule has 0 atom stereocenters. The minimum atomic E-state index is 0.349. The number of aromatic nitrogens is 1. The van der Waals surface area contributed by atoms with E-state index in [1.165, 1.54) is 50.2 Å². The lowest BCUT2D eigenvalue weighted by Crippen LogP contribution is -2.52.